The molecule has 1 aliphatic heterocycles. The third-order valence-electron chi connectivity index (χ3n) is 5.93. The van der Waals surface area contributed by atoms with Crippen LogP contribution in [0.1, 0.15) is 117 Å². The minimum Gasteiger partial charge on any atom is -0.286 e. The molecule has 0 aromatic heterocycles. The van der Waals surface area contributed by atoms with Crippen molar-refractivity contribution in [3.05, 3.63) is 12.2 Å². The van der Waals surface area contributed by atoms with E-state index in [1.807, 2.05) is 0 Å². The standard InChI is InChI=1S/C24H49N3/c1-3-5-6-7-8-9-10-11-12-13-14-15-16-17-18-19-20-24-26(21-4-2)22-23-27(24)25/h11-12,24H,3-10,13-23,25H2,1-2H3/b12-11-. The molecular weight excluding hydrogens is 330 g/mol. The molecular formula is C24H49N3. The molecule has 1 atom stereocenters. The van der Waals surface area contributed by atoms with Crippen molar-refractivity contribution in [2.45, 2.75) is 123 Å². The van der Waals surface area contributed by atoms with Gasteiger partial charge in [-0.2, -0.15) is 0 Å². The lowest BCUT2D eigenvalue weighted by molar-refractivity contribution is 0.125. The van der Waals surface area contributed by atoms with E-state index in [1.165, 1.54) is 109 Å². The number of nitrogens with zero attached hydrogens (tertiary/aromatic N) is 2. The summed E-state index contributed by atoms with van der Waals surface area (Å²) < 4.78 is 0. The minimum atomic E-state index is 0.502. The molecule has 0 amide bonds. The summed E-state index contributed by atoms with van der Waals surface area (Å²) in [4.78, 5) is 2.57. The summed E-state index contributed by atoms with van der Waals surface area (Å²) in [5.41, 5.74) is 0. The first kappa shape index (κ1) is 24.7. The molecule has 2 N–H and O–H groups in total. The zero-order chi connectivity index (χ0) is 19.6. The molecule has 3 heteroatoms. The van der Waals surface area contributed by atoms with Crippen LogP contribution in [0.4, 0.5) is 0 Å². The number of unbranched alkanes of at least 4 members (excludes halogenated alkanes) is 12. The molecule has 1 saturated heterocycles. The molecule has 0 radical (unpaired) electrons. The highest BCUT2D eigenvalue weighted by atomic mass is 15.5. The van der Waals surface area contributed by atoms with Crippen LogP contribution in [0.2, 0.25) is 0 Å². The minimum absolute atomic E-state index is 0.502. The highest BCUT2D eigenvalue weighted by molar-refractivity contribution is 4.81. The van der Waals surface area contributed by atoms with Crippen molar-refractivity contribution >= 4 is 0 Å². The molecule has 27 heavy (non-hydrogen) atoms. The van der Waals surface area contributed by atoms with Gasteiger partial charge in [0.2, 0.25) is 0 Å². The Balaban J connectivity index is 1.84. The molecule has 0 aromatic rings. The number of rotatable bonds is 18. The second-order valence-corrected chi connectivity index (χ2v) is 8.48. The van der Waals surface area contributed by atoms with Gasteiger partial charge in [0.1, 0.15) is 0 Å². The van der Waals surface area contributed by atoms with E-state index < -0.39 is 0 Å². The van der Waals surface area contributed by atoms with Gasteiger partial charge in [0.05, 0.1) is 6.17 Å². The van der Waals surface area contributed by atoms with Gasteiger partial charge < -0.3 is 0 Å². The van der Waals surface area contributed by atoms with Gasteiger partial charge in [0.15, 0.2) is 0 Å². The third kappa shape index (κ3) is 12.6. The Kier molecular flexibility index (Phi) is 16.2. The molecule has 0 saturated carbocycles. The van der Waals surface area contributed by atoms with Crippen molar-refractivity contribution in [1.82, 2.24) is 9.91 Å². The Morgan fingerprint density at radius 3 is 1.85 bits per heavy atom. The van der Waals surface area contributed by atoms with E-state index in [0.717, 1.165) is 13.1 Å². The van der Waals surface area contributed by atoms with Crippen LogP contribution in [-0.2, 0) is 0 Å². The molecule has 0 aromatic carbocycles. The lowest BCUT2D eigenvalue weighted by Crippen LogP contribution is -2.42. The number of hydrazine groups is 1. The zero-order valence-corrected chi connectivity index (χ0v) is 18.6. The van der Waals surface area contributed by atoms with Crippen molar-refractivity contribution in [1.29, 1.82) is 0 Å². The van der Waals surface area contributed by atoms with Gasteiger partial charge >= 0.3 is 0 Å². The van der Waals surface area contributed by atoms with Crippen molar-refractivity contribution in [3.63, 3.8) is 0 Å². The number of hydrogen-bond acceptors (Lipinski definition) is 3. The van der Waals surface area contributed by atoms with Crippen molar-refractivity contribution in [3.8, 4) is 0 Å². The Labute approximate surface area is 170 Å². The molecule has 0 bridgehead atoms. The fourth-order valence-electron chi connectivity index (χ4n) is 4.22. The zero-order valence-electron chi connectivity index (χ0n) is 18.6. The molecule has 0 spiro atoms. The summed E-state index contributed by atoms with van der Waals surface area (Å²) in [7, 11) is 0. The van der Waals surface area contributed by atoms with E-state index in [2.05, 4.69) is 35.9 Å². The molecule has 3 nitrogen and oxygen atoms in total. The Bertz CT molecular complexity index is 341. The lowest BCUT2D eigenvalue weighted by Gasteiger charge is -2.27. The topological polar surface area (TPSA) is 32.5 Å². The summed E-state index contributed by atoms with van der Waals surface area (Å²) in [6.45, 7) is 7.94. The van der Waals surface area contributed by atoms with Gasteiger partial charge in [0, 0.05) is 13.1 Å². The molecule has 0 aliphatic carbocycles. The SMILES string of the molecule is CCCCCCCC/C=C\CCCCCCCCC1N(N)CCN1CCC. The van der Waals surface area contributed by atoms with E-state index in [1.54, 1.807) is 0 Å². The highest BCUT2D eigenvalue weighted by Crippen LogP contribution is 2.18. The largest absolute Gasteiger partial charge is 0.286 e. The average Bonchev–Trinajstić information content (AvgIpc) is 3.01. The van der Waals surface area contributed by atoms with Gasteiger partial charge in [-0.15, -0.1) is 0 Å². The predicted octanol–water partition coefficient (Wildman–Crippen LogP) is 6.64. The summed E-state index contributed by atoms with van der Waals surface area (Å²) in [6, 6.07) is 0. The van der Waals surface area contributed by atoms with Gasteiger partial charge in [-0.1, -0.05) is 90.2 Å². The Hall–Kier alpha value is -0.380. The van der Waals surface area contributed by atoms with Crippen molar-refractivity contribution in [2.75, 3.05) is 19.6 Å². The summed E-state index contributed by atoms with van der Waals surface area (Å²) in [6.07, 6.45) is 27.1. The first-order valence-corrected chi connectivity index (χ1v) is 12.2. The Morgan fingerprint density at radius 2 is 1.26 bits per heavy atom. The summed E-state index contributed by atoms with van der Waals surface area (Å²) in [5.74, 6) is 6.15. The number of hydrogen-bond donors (Lipinski definition) is 1. The number of allylic oxidation sites excluding steroid dienone is 2. The summed E-state index contributed by atoms with van der Waals surface area (Å²) >= 11 is 0. The first-order valence-electron chi connectivity index (χ1n) is 12.2. The van der Waals surface area contributed by atoms with Crippen molar-refractivity contribution in [2.24, 2.45) is 5.84 Å². The van der Waals surface area contributed by atoms with Crippen LogP contribution in [-0.4, -0.2) is 35.7 Å². The number of nitrogens with two attached hydrogens (primary N) is 1. The lowest BCUT2D eigenvalue weighted by atomic mass is 10.1. The smallest absolute Gasteiger partial charge is 0.0756 e. The second-order valence-electron chi connectivity index (χ2n) is 8.48. The molecule has 1 fully saturated rings. The maximum absolute atomic E-state index is 6.15. The van der Waals surface area contributed by atoms with Crippen LogP contribution in [0.15, 0.2) is 12.2 Å². The third-order valence-corrected chi connectivity index (χ3v) is 5.93. The van der Waals surface area contributed by atoms with E-state index in [0.29, 0.717) is 6.17 Å². The van der Waals surface area contributed by atoms with Crippen LogP contribution in [0.5, 0.6) is 0 Å². The molecule has 1 unspecified atom stereocenters. The quantitative estimate of drug-likeness (QED) is 0.164. The highest BCUT2D eigenvalue weighted by Gasteiger charge is 2.28. The van der Waals surface area contributed by atoms with Crippen LogP contribution in [0.25, 0.3) is 0 Å². The molecule has 1 aliphatic rings. The first-order chi connectivity index (χ1) is 13.3. The second kappa shape index (κ2) is 17.7. The van der Waals surface area contributed by atoms with E-state index in [4.69, 9.17) is 5.84 Å². The predicted molar refractivity (Wildman–Crippen MR) is 121 cm³/mol. The average molecular weight is 380 g/mol. The van der Waals surface area contributed by atoms with E-state index >= 15 is 0 Å². The van der Waals surface area contributed by atoms with Crippen LogP contribution in [0.3, 0.4) is 0 Å². The van der Waals surface area contributed by atoms with Crippen LogP contribution < -0.4 is 5.84 Å². The molecule has 160 valence electrons. The Morgan fingerprint density at radius 1 is 0.704 bits per heavy atom. The maximum atomic E-state index is 6.15. The molecule has 1 rings (SSSR count). The van der Waals surface area contributed by atoms with Crippen molar-refractivity contribution < 1.29 is 0 Å². The van der Waals surface area contributed by atoms with E-state index in [9.17, 15) is 0 Å². The fourth-order valence-corrected chi connectivity index (χ4v) is 4.22. The fraction of sp³-hybridized carbons (Fsp3) is 0.917. The van der Waals surface area contributed by atoms with Gasteiger partial charge in [-0.3, -0.25) is 10.7 Å². The molecule has 1 heterocycles. The van der Waals surface area contributed by atoms with Gasteiger partial charge in [-0.25, -0.2) is 5.01 Å². The normalized spacial score (nSPS) is 18.9. The van der Waals surface area contributed by atoms with Crippen LogP contribution in [0, 0.1) is 0 Å². The monoisotopic (exact) mass is 379 g/mol. The van der Waals surface area contributed by atoms with E-state index in [-0.39, 0.29) is 0 Å². The summed E-state index contributed by atoms with van der Waals surface area (Å²) in [5, 5.41) is 2.06. The van der Waals surface area contributed by atoms with Gasteiger partial charge in [0.25, 0.3) is 0 Å². The van der Waals surface area contributed by atoms with Gasteiger partial charge in [-0.05, 0) is 45.1 Å². The van der Waals surface area contributed by atoms with Crippen LogP contribution >= 0.6 is 0 Å². The maximum Gasteiger partial charge on any atom is 0.0756 e.